The van der Waals surface area contributed by atoms with Crippen LogP contribution in [0, 0.1) is 6.92 Å². The van der Waals surface area contributed by atoms with Crippen molar-refractivity contribution in [1.29, 1.82) is 0 Å². The number of hydrogen-bond donors (Lipinski definition) is 4. The number of piperidine rings is 2. The molecule has 4 aromatic rings. The smallest absolute Gasteiger partial charge is 0.409 e. The number of nitrogens with one attached hydrogen (secondary N) is 3. The van der Waals surface area contributed by atoms with Gasteiger partial charge in [0.2, 0.25) is 0 Å². The highest BCUT2D eigenvalue weighted by molar-refractivity contribution is 6.32. The minimum Gasteiger partial charge on any atom is -0.495 e. The molecule has 11 nitrogen and oxygen atoms in total. The van der Waals surface area contributed by atoms with Gasteiger partial charge in [-0.3, -0.25) is 4.79 Å². The summed E-state index contributed by atoms with van der Waals surface area (Å²) in [6.45, 7) is 5.77. The fraction of sp³-hybridized carbons (Fsp3) is 0.441. The molecule has 1 atom stereocenters. The molecule has 2 aromatic heterocycles. The van der Waals surface area contributed by atoms with Crippen molar-refractivity contribution < 1.29 is 19.4 Å². The van der Waals surface area contributed by atoms with Crippen LogP contribution in [0.15, 0.2) is 47.4 Å². The topological polar surface area (TPSA) is 136 Å². The number of methoxy groups -OCH3 is 2. The van der Waals surface area contributed by atoms with E-state index in [2.05, 4.69) is 39.2 Å². The fourth-order valence-electron chi connectivity index (χ4n) is 6.89. The number of ether oxygens (including phenoxy) is 2. The van der Waals surface area contributed by atoms with Gasteiger partial charge in [-0.2, -0.15) is 0 Å². The van der Waals surface area contributed by atoms with Gasteiger partial charge in [-0.05, 0) is 92.6 Å². The summed E-state index contributed by atoms with van der Waals surface area (Å²) in [4.78, 5) is 40.4. The average molecular weight is 649 g/mol. The highest BCUT2D eigenvalue weighted by Crippen LogP contribution is 2.35. The molecule has 244 valence electrons. The number of carbonyl (C=O) groups excluding carboxylic acids is 1. The summed E-state index contributed by atoms with van der Waals surface area (Å²) in [5.41, 5.74) is 5.35. The molecule has 2 aliphatic rings. The van der Waals surface area contributed by atoms with Crippen molar-refractivity contribution in [2.45, 2.75) is 50.7 Å². The summed E-state index contributed by atoms with van der Waals surface area (Å²) >= 11 is 6.25. The number of rotatable bonds is 8. The Morgan fingerprint density at radius 1 is 1.11 bits per heavy atom. The molecule has 2 aliphatic heterocycles. The highest BCUT2D eigenvalue weighted by Gasteiger charge is 2.30. The van der Waals surface area contributed by atoms with Gasteiger partial charge >= 0.3 is 6.09 Å². The molecular formula is C34H41ClN6O5. The molecule has 1 amide bonds. The van der Waals surface area contributed by atoms with Crippen molar-refractivity contribution in [1.82, 2.24) is 24.8 Å². The predicted molar refractivity (Wildman–Crippen MR) is 179 cm³/mol. The summed E-state index contributed by atoms with van der Waals surface area (Å²) in [6, 6.07) is 11.8. The molecule has 2 fully saturated rings. The van der Waals surface area contributed by atoms with Crippen molar-refractivity contribution in [3.8, 4) is 17.1 Å². The third-order valence-electron chi connectivity index (χ3n) is 9.46. The van der Waals surface area contributed by atoms with Gasteiger partial charge in [0.25, 0.3) is 5.56 Å². The van der Waals surface area contributed by atoms with Crippen LogP contribution >= 0.6 is 11.6 Å². The normalized spacial score (nSPS) is 17.3. The summed E-state index contributed by atoms with van der Waals surface area (Å²) in [5.74, 6) is 1.44. The first kappa shape index (κ1) is 31.9. The zero-order valence-electron chi connectivity index (χ0n) is 26.4. The Balaban J connectivity index is 1.15. The summed E-state index contributed by atoms with van der Waals surface area (Å²) in [7, 11) is 2.98. The third kappa shape index (κ3) is 6.58. The second-order valence-electron chi connectivity index (χ2n) is 12.2. The maximum absolute atomic E-state index is 13.1. The van der Waals surface area contributed by atoms with Crippen LogP contribution in [0.2, 0.25) is 5.02 Å². The molecule has 0 unspecified atom stereocenters. The number of pyridine rings is 1. The van der Waals surface area contributed by atoms with Gasteiger partial charge in [-0.15, -0.1) is 0 Å². The number of hydrogen-bond acceptors (Lipinski definition) is 8. The number of halogens is 1. The fourth-order valence-corrected chi connectivity index (χ4v) is 7.15. The number of aliphatic hydroxyl groups excluding tert-OH is 1. The van der Waals surface area contributed by atoms with Crippen LogP contribution in [0.1, 0.15) is 54.4 Å². The molecule has 46 heavy (non-hydrogen) atoms. The van der Waals surface area contributed by atoms with Gasteiger partial charge in [0, 0.05) is 31.9 Å². The lowest BCUT2D eigenvalue weighted by Crippen LogP contribution is -2.48. The summed E-state index contributed by atoms with van der Waals surface area (Å²) in [5, 5.41) is 14.5. The lowest BCUT2D eigenvalue weighted by Gasteiger charge is -2.41. The largest absolute Gasteiger partial charge is 0.495 e. The van der Waals surface area contributed by atoms with Crippen LogP contribution in [0.5, 0.6) is 5.75 Å². The highest BCUT2D eigenvalue weighted by atomic mass is 35.5. The van der Waals surface area contributed by atoms with Gasteiger partial charge in [-0.25, -0.2) is 9.78 Å². The second kappa shape index (κ2) is 13.7. The van der Waals surface area contributed by atoms with Crippen LogP contribution in [-0.2, 0) is 4.74 Å². The van der Waals surface area contributed by atoms with E-state index in [4.69, 9.17) is 26.1 Å². The van der Waals surface area contributed by atoms with E-state index in [1.165, 1.54) is 12.7 Å². The minimum atomic E-state index is -0.866. The van der Waals surface area contributed by atoms with Crippen LogP contribution in [0.25, 0.3) is 22.4 Å². The number of nitrogens with zero attached hydrogens (tertiary/aromatic N) is 3. The number of H-pyrrole nitrogens is 2. The van der Waals surface area contributed by atoms with E-state index >= 15 is 0 Å². The van der Waals surface area contributed by atoms with E-state index in [9.17, 15) is 14.7 Å². The maximum Gasteiger partial charge on any atom is 0.409 e. The number of likely N-dealkylation sites (tertiary alicyclic amines) is 2. The molecule has 0 radical (unpaired) electrons. The molecule has 12 heteroatoms. The summed E-state index contributed by atoms with van der Waals surface area (Å²) in [6.07, 6.45) is 4.57. The van der Waals surface area contributed by atoms with Gasteiger partial charge in [-0.1, -0.05) is 23.7 Å². The zero-order chi connectivity index (χ0) is 32.4. The summed E-state index contributed by atoms with van der Waals surface area (Å²) < 4.78 is 10.1. The predicted octanol–water partition coefficient (Wildman–Crippen LogP) is 5.44. The maximum atomic E-state index is 13.1. The van der Waals surface area contributed by atoms with Gasteiger partial charge in [0.05, 0.1) is 42.1 Å². The van der Waals surface area contributed by atoms with Crippen molar-refractivity contribution in [3.63, 3.8) is 0 Å². The van der Waals surface area contributed by atoms with Gasteiger partial charge in [0.15, 0.2) is 0 Å². The molecule has 4 N–H and O–H groups in total. The van der Waals surface area contributed by atoms with E-state index in [0.717, 1.165) is 68.5 Å². The number of anilines is 1. The zero-order valence-corrected chi connectivity index (χ0v) is 27.2. The number of carbonyl (C=O) groups is 1. The van der Waals surface area contributed by atoms with Crippen molar-refractivity contribution in [3.05, 3.63) is 74.7 Å². The van der Waals surface area contributed by atoms with Crippen LogP contribution < -0.4 is 15.6 Å². The van der Waals surface area contributed by atoms with E-state index in [1.54, 1.807) is 42.5 Å². The number of fused-ring (bicyclic) bond motifs is 1. The number of aliphatic hydroxyl groups is 1. The third-order valence-corrected chi connectivity index (χ3v) is 9.75. The van der Waals surface area contributed by atoms with E-state index in [1.807, 2.05) is 0 Å². The first-order valence-electron chi connectivity index (χ1n) is 15.8. The number of amides is 1. The van der Waals surface area contributed by atoms with E-state index < -0.39 is 6.10 Å². The Kier molecular flexibility index (Phi) is 9.53. The monoisotopic (exact) mass is 648 g/mol. The molecule has 2 saturated heterocycles. The quantitative estimate of drug-likeness (QED) is 0.198. The Morgan fingerprint density at radius 2 is 1.87 bits per heavy atom. The van der Waals surface area contributed by atoms with E-state index in [0.29, 0.717) is 45.4 Å². The van der Waals surface area contributed by atoms with Crippen LogP contribution in [0.4, 0.5) is 10.5 Å². The molecule has 4 heterocycles. The number of aromatic nitrogens is 3. The SMILES string of the molecule is COC(=O)N1CCC(N2CCC(c3cc(C)c4nc(-c5c(NC[C@@H](O)c6ccc(OC)c(Cl)c6)cc[nH]c5=O)[nH]c4c3)CC2)CC1. The molecule has 0 aliphatic carbocycles. The standard InChI is InChI=1S/C34H41ClN6O5/c1-20-16-23(21-7-12-40(13-8-21)24-9-14-41(15-10-24)34(44)46-3)18-27-31(20)39-32(38-27)30-26(6-11-36-33(30)43)37-19-28(42)22-4-5-29(45-2)25(35)17-22/h4-6,11,16-18,21,24,28,42H,7-10,12-15,19H2,1-3H3,(H,38,39)(H2,36,37,43)/t28-/m1/s1. The number of aryl methyl sites for hydroxylation is 1. The molecule has 0 bridgehead atoms. The number of imidazole rings is 1. The average Bonchev–Trinajstić information content (AvgIpc) is 3.51. The molecule has 0 spiro atoms. The Morgan fingerprint density at radius 3 is 2.57 bits per heavy atom. The van der Waals surface area contributed by atoms with Crippen LogP contribution in [-0.4, -0.2) is 88.9 Å². The first-order valence-corrected chi connectivity index (χ1v) is 16.2. The Labute approximate surface area is 272 Å². The van der Waals surface area contributed by atoms with Crippen LogP contribution in [0.3, 0.4) is 0 Å². The first-order chi connectivity index (χ1) is 22.2. The molecule has 0 saturated carbocycles. The number of benzene rings is 2. The van der Waals surface area contributed by atoms with Crippen molar-refractivity contribution in [2.24, 2.45) is 0 Å². The molecule has 6 rings (SSSR count). The van der Waals surface area contributed by atoms with Gasteiger partial charge in [0.1, 0.15) is 17.1 Å². The second-order valence-corrected chi connectivity index (χ2v) is 12.6. The lowest BCUT2D eigenvalue weighted by atomic mass is 9.87. The Bertz CT molecular complexity index is 1760. The Hall–Kier alpha value is -4.06. The van der Waals surface area contributed by atoms with Crippen molar-refractivity contribution in [2.75, 3.05) is 52.3 Å². The lowest BCUT2D eigenvalue weighted by molar-refractivity contribution is 0.0734. The number of aromatic amines is 2. The molecule has 2 aromatic carbocycles. The minimum absolute atomic E-state index is 0.158. The van der Waals surface area contributed by atoms with Crippen molar-refractivity contribution >= 4 is 34.4 Å². The molecular weight excluding hydrogens is 608 g/mol. The van der Waals surface area contributed by atoms with Gasteiger partial charge < -0.3 is 39.7 Å². The van der Waals surface area contributed by atoms with E-state index in [-0.39, 0.29) is 18.2 Å².